The number of aliphatic hydroxyl groups is 1. The van der Waals surface area contributed by atoms with Gasteiger partial charge in [0.15, 0.2) is 0 Å². The van der Waals surface area contributed by atoms with Crippen LogP contribution in [0.25, 0.3) is 0 Å². The Morgan fingerprint density at radius 2 is 2.05 bits per heavy atom. The Kier molecular flexibility index (Phi) is 4.17. The van der Waals surface area contributed by atoms with Gasteiger partial charge in [-0.3, -0.25) is 4.79 Å². The zero-order valence-electron chi connectivity index (χ0n) is 11.4. The highest BCUT2D eigenvalue weighted by Crippen LogP contribution is 2.40. The van der Waals surface area contributed by atoms with Crippen molar-refractivity contribution in [1.82, 2.24) is 9.62 Å². The van der Waals surface area contributed by atoms with Crippen LogP contribution in [0, 0.1) is 17.8 Å². The summed E-state index contributed by atoms with van der Waals surface area (Å²) in [5, 5.41) is 9.05. The van der Waals surface area contributed by atoms with Crippen molar-refractivity contribution in [1.29, 1.82) is 0 Å². The van der Waals surface area contributed by atoms with Crippen LogP contribution in [0.2, 0.25) is 0 Å². The fourth-order valence-electron chi connectivity index (χ4n) is 2.37. The van der Waals surface area contributed by atoms with Gasteiger partial charge < -0.3 is 10.0 Å². The molecule has 110 valence electrons. The number of aliphatic hydroxyl groups excluding tert-OH is 1. The van der Waals surface area contributed by atoms with E-state index < -0.39 is 16.1 Å². The zero-order chi connectivity index (χ0) is 14.2. The molecule has 1 amide bonds. The first-order chi connectivity index (χ1) is 8.78. The molecular weight excluding hydrogens is 268 g/mol. The Morgan fingerprint density at radius 1 is 1.47 bits per heavy atom. The Morgan fingerprint density at radius 3 is 2.53 bits per heavy atom. The van der Waals surface area contributed by atoms with Gasteiger partial charge in [0.25, 0.3) is 0 Å². The third kappa shape index (κ3) is 3.90. The van der Waals surface area contributed by atoms with Crippen LogP contribution in [0.4, 0.5) is 0 Å². The predicted octanol–water partition coefficient (Wildman–Crippen LogP) is -0.599. The highest BCUT2D eigenvalue weighted by molar-refractivity contribution is 7.89. The number of hydrogen-bond acceptors (Lipinski definition) is 4. The summed E-state index contributed by atoms with van der Waals surface area (Å²) in [6, 6.07) is 0. The van der Waals surface area contributed by atoms with Crippen LogP contribution in [-0.2, 0) is 14.8 Å². The van der Waals surface area contributed by atoms with Gasteiger partial charge in [-0.25, -0.2) is 13.1 Å². The van der Waals surface area contributed by atoms with Gasteiger partial charge in [-0.05, 0) is 19.3 Å². The van der Waals surface area contributed by atoms with Crippen molar-refractivity contribution < 1.29 is 18.3 Å². The van der Waals surface area contributed by atoms with E-state index in [1.165, 1.54) is 6.92 Å². The molecule has 1 aliphatic heterocycles. The van der Waals surface area contributed by atoms with E-state index in [-0.39, 0.29) is 30.0 Å². The van der Waals surface area contributed by atoms with E-state index in [4.69, 9.17) is 5.11 Å². The third-order valence-corrected chi connectivity index (χ3v) is 5.27. The lowest BCUT2D eigenvalue weighted by atomic mass is 10.0. The Hall–Kier alpha value is -0.660. The van der Waals surface area contributed by atoms with E-state index >= 15 is 0 Å². The highest BCUT2D eigenvalue weighted by atomic mass is 32.2. The molecule has 2 N–H and O–H groups in total. The van der Waals surface area contributed by atoms with Gasteiger partial charge >= 0.3 is 0 Å². The summed E-state index contributed by atoms with van der Waals surface area (Å²) in [6.07, 6.45) is 0.277. The molecule has 0 aromatic carbocycles. The Bertz CT molecular complexity index is 443. The summed E-state index contributed by atoms with van der Waals surface area (Å²) in [5.74, 6) is 0.889. The molecule has 2 aliphatic rings. The average molecular weight is 290 g/mol. The van der Waals surface area contributed by atoms with Gasteiger partial charge in [-0.15, -0.1) is 0 Å². The molecule has 2 fully saturated rings. The lowest BCUT2D eigenvalue weighted by Crippen LogP contribution is -2.54. The highest BCUT2D eigenvalue weighted by Gasteiger charge is 2.45. The molecule has 7 heteroatoms. The number of likely N-dealkylation sites (tertiary alicyclic amines) is 1. The number of rotatable bonds is 6. The number of hydrogen-bond donors (Lipinski definition) is 2. The van der Waals surface area contributed by atoms with Crippen LogP contribution < -0.4 is 4.72 Å². The summed E-state index contributed by atoms with van der Waals surface area (Å²) in [4.78, 5) is 13.6. The van der Waals surface area contributed by atoms with Crippen LogP contribution in [-0.4, -0.2) is 55.8 Å². The second-order valence-corrected chi connectivity index (χ2v) is 7.76. The van der Waals surface area contributed by atoms with Gasteiger partial charge in [0.05, 0.1) is 11.9 Å². The molecule has 0 aromatic heterocycles. The van der Waals surface area contributed by atoms with E-state index in [9.17, 15) is 13.2 Å². The number of amides is 1. The van der Waals surface area contributed by atoms with Gasteiger partial charge in [-0.2, -0.15) is 0 Å². The molecule has 3 atom stereocenters. The molecule has 0 spiro atoms. The molecule has 1 heterocycles. The van der Waals surface area contributed by atoms with Gasteiger partial charge in [-0.1, -0.05) is 6.92 Å². The number of nitrogens with one attached hydrogen (secondary N) is 1. The largest absolute Gasteiger partial charge is 0.392 e. The minimum Gasteiger partial charge on any atom is -0.392 e. The number of nitrogens with zero attached hydrogens (tertiary/aromatic N) is 1. The van der Waals surface area contributed by atoms with Crippen LogP contribution >= 0.6 is 0 Å². The molecule has 1 saturated carbocycles. The normalized spacial score (nSPS) is 28.9. The smallest absolute Gasteiger partial charge is 0.225 e. The van der Waals surface area contributed by atoms with Crippen molar-refractivity contribution in [2.24, 2.45) is 17.8 Å². The molecule has 1 saturated heterocycles. The quantitative estimate of drug-likeness (QED) is 0.684. The molecule has 0 aromatic rings. The lowest BCUT2D eigenvalue weighted by molar-refractivity contribution is -0.138. The van der Waals surface area contributed by atoms with Gasteiger partial charge in [0.1, 0.15) is 0 Å². The van der Waals surface area contributed by atoms with E-state index in [2.05, 4.69) is 11.6 Å². The molecule has 6 nitrogen and oxygen atoms in total. The molecule has 0 bridgehead atoms. The van der Waals surface area contributed by atoms with Crippen LogP contribution in [0.3, 0.4) is 0 Å². The topological polar surface area (TPSA) is 86.7 Å². The minimum absolute atomic E-state index is 0.0181. The average Bonchev–Trinajstić information content (AvgIpc) is 2.97. The summed E-state index contributed by atoms with van der Waals surface area (Å²) in [7, 11) is -3.35. The first-order valence-electron chi connectivity index (χ1n) is 6.72. The van der Waals surface area contributed by atoms with Gasteiger partial charge in [0.2, 0.25) is 15.9 Å². The molecule has 19 heavy (non-hydrogen) atoms. The summed E-state index contributed by atoms with van der Waals surface area (Å²) < 4.78 is 25.7. The van der Waals surface area contributed by atoms with Gasteiger partial charge in [0, 0.05) is 31.5 Å². The standard InChI is InChI=1S/C12H22N2O4S/c1-8-3-11(8)12(16)14-5-10(6-14)7-19(17,18)13-4-9(2)15/h8-11,13,15H,3-7H2,1-2H3/t8-,9-,11-/m0/s1. The predicted molar refractivity (Wildman–Crippen MR) is 70.8 cm³/mol. The SMILES string of the molecule is C[C@H](O)CNS(=O)(=O)CC1CN(C(=O)[C@H]2C[C@@H]2C)C1. The van der Waals surface area contributed by atoms with Crippen LogP contribution in [0.15, 0.2) is 0 Å². The maximum Gasteiger partial charge on any atom is 0.225 e. The minimum atomic E-state index is -3.35. The van der Waals surface area contributed by atoms with E-state index in [1.807, 2.05) is 0 Å². The maximum absolute atomic E-state index is 11.9. The monoisotopic (exact) mass is 290 g/mol. The molecule has 0 unspecified atom stereocenters. The van der Waals surface area contributed by atoms with E-state index in [1.54, 1.807) is 4.90 Å². The number of carbonyl (C=O) groups excluding carboxylic acids is 1. The molecule has 2 rings (SSSR count). The Labute approximate surface area is 114 Å². The van der Waals surface area contributed by atoms with E-state index in [0.717, 1.165) is 6.42 Å². The fourth-order valence-corrected chi connectivity index (χ4v) is 3.82. The first kappa shape index (κ1) is 14.7. The van der Waals surface area contributed by atoms with Crippen molar-refractivity contribution in [2.75, 3.05) is 25.4 Å². The van der Waals surface area contributed by atoms with Crippen LogP contribution in [0.1, 0.15) is 20.3 Å². The summed E-state index contributed by atoms with van der Waals surface area (Å²) in [5.41, 5.74) is 0. The van der Waals surface area contributed by atoms with Crippen molar-refractivity contribution in [3.63, 3.8) is 0 Å². The lowest BCUT2D eigenvalue weighted by Gasteiger charge is -2.39. The third-order valence-electron chi connectivity index (χ3n) is 3.75. The molecular formula is C12H22N2O4S. The van der Waals surface area contributed by atoms with Crippen molar-refractivity contribution in [2.45, 2.75) is 26.4 Å². The second-order valence-electron chi connectivity index (χ2n) is 5.91. The Balaban J connectivity index is 1.71. The number of sulfonamides is 1. The van der Waals surface area contributed by atoms with Crippen LogP contribution in [0.5, 0.6) is 0 Å². The van der Waals surface area contributed by atoms with Crippen molar-refractivity contribution in [3.8, 4) is 0 Å². The zero-order valence-corrected chi connectivity index (χ0v) is 12.2. The first-order valence-corrected chi connectivity index (χ1v) is 8.38. The van der Waals surface area contributed by atoms with Crippen molar-refractivity contribution >= 4 is 15.9 Å². The van der Waals surface area contributed by atoms with E-state index in [0.29, 0.717) is 19.0 Å². The number of carbonyl (C=O) groups is 1. The molecule has 0 radical (unpaired) electrons. The molecule has 1 aliphatic carbocycles. The van der Waals surface area contributed by atoms with Crippen molar-refractivity contribution in [3.05, 3.63) is 0 Å². The summed E-state index contributed by atoms with van der Waals surface area (Å²) in [6.45, 7) is 4.71. The summed E-state index contributed by atoms with van der Waals surface area (Å²) >= 11 is 0. The maximum atomic E-state index is 11.9. The fraction of sp³-hybridized carbons (Fsp3) is 0.917. The second kappa shape index (κ2) is 5.38.